The van der Waals surface area contributed by atoms with Crippen molar-refractivity contribution in [2.24, 2.45) is 0 Å². The molecule has 102 valence electrons. The Bertz CT molecular complexity index is 869. The second-order valence-corrected chi connectivity index (χ2v) is 5.06. The summed E-state index contributed by atoms with van der Waals surface area (Å²) >= 11 is 0. The number of nitrogens with one attached hydrogen (secondary N) is 1. The van der Waals surface area contributed by atoms with Gasteiger partial charge in [-0.3, -0.25) is 0 Å². The zero-order chi connectivity index (χ0) is 14.4. The maximum atomic E-state index is 9.44. The molecule has 0 spiro atoms. The molecule has 0 atom stereocenters. The molecule has 0 fully saturated rings. The van der Waals surface area contributed by atoms with E-state index in [1.54, 1.807) is 6.26 Å². The van der Waals surface area contributed by atoms with Gasteiger partial charge in [0.25, 0.3) is 0 Å². The molecule has 3 N–H and O–H groups in total. The predicted molar refractivity (Wildman–Crippen MR) is 78.3 cm³/mol. The van der Waals surface area contributed by atoms with Gasteiger partial charge in [-0.25, -0.2) is 4.98 Å². The third-order valence-electron chi connectivity index (χ3n) is 3.94. The minimum absolute atomic E-state index is 0.247. The van der Waals surface area contributed by atoms with Crippen LogP contribution in [-0.4, -0.2) is 9.97 Å². The molecule has 1 aliphatic carbocycles. The van der Waals surface area contributed by atoms with E-state index in [9.17, 15) is 5.26 Å². The number of hydrogen-bond donors (Lipinski definition) is 2. The minimum Gasteiger partial charge on any atom is -0.464 e. The number of hydrogen-bond acceptors (Lipinski definition) is 4. The fourth-order valence-electron chi connectivity index (χ4n) is 3.00. The molecule has 4 rings (SSSR count). The summed E-state index contributed by atoms with van der Waals surface area (Å²) in [6.45, 7) is 0. The highest BCUT2D eigenvalue weighted by Crippen LogP contribution is 2.40. The van der Waals surface area contributed by atoms with E-state index in [0.29, 0.717) is 11.3 Å². The van der Waals surface area contributed by atoms with E-state index >= 15 is 0 Å². The van der Waals surface area contributed by atoms with Crippen molar-refractivity contribution in [2.45, 2.75) is 12.8 Å². The molecular weight excluding hydrogens is 264 g/mol. The van der Waals surface area contributed by atoms with E-state index in [-0.39, 0.29) is 5.82 Å². The molecular formula is C16H12N4O. The Morgan fingerprint density at radius 1 is 1.33 bits per heavy atom. The molecule has 0 unspecified atom stereocenters. The van der Waals surface area contributed by atoms with Gasteiger partial charge in [0, 0.05) is 23.5 Å². The number of rotatable bonds is 1. The van der Waals surface area contributed by atoms with Gasteiger partial charge in [0.05, 0.1) is 12.0 Å². The largest absolute Gasteiger partial charge is 0.464 e. The molecule has 0 bridgehead atoms. The van der Waals surface area contributed by atoms with Crippen LogP contribution in [0.25, 0.3) is 22.6 Å². The van der Waals surface area contributed by atoms with Crippen LogP contribution in [0, 0.1) is 11.3 Å². The van der Waals surface area contributed by atoms with Gasteiger partial charge in [0.15, 0.2) is 0 Å². The zero-order valence-corrected chi connectivity index (χ0v) is 11.2. The van der Waals surface area contributed by atoms with E-state index < -0.39 is 0 Å². The Morgan fingerprint density at radius 3 is 3.00 bits per heavy atom. The van der Waals surface area contributed by atoms with Crippen molar-refractivity contribution in [2.75, 3.05) is 5.73 Å². The van der Waals surface area contributed by atoms with Gasteiger partial charge >= 0.3 is 0 Å². The Balaban J connectivity index is 2.10. The summed E-state index contributed by atoms with van der Waals surface area (Å²) in [6.07, 6.45) is 7.25. The lowest BCUT2D eigenvalue weighted by Crippen LogP contribution is -2.10. The molecule has 3 aromatic rings. The van der Waals surface area contributed by atoms with Crippen LogP contribution >= 0.6 is 0 Å². The number of nitriles is 1. The first-order chi connectivity index (χ1) is 10.3. The van der Waals surface area contributed by atoms with Crippen molar-refractivity contribution < 1.29 is 4.42 Å². The number of nitrogens with two attached hydrogens (primary N) is 1. The first-order valence-corrected chi connectivity index (χ1v) is 6.72. The van der Waals surface area contributed by atoms with Gasteiger partial charge in [-0.1, -0.05) is 0 Å². The number of anilines is 1. The summed E-state index contributed by atoms with van der Waals surface area (Å²) in [5, 5.41) is 9.44. The highest BCUT2D eigenvalue weighted by atomic mass is 16.3. The van der Waals surface area contributed by atoms with E-state index in [2.05, 4.69) is 16.0 Å². The minimum atomic E-state index is 0.247. The standard InChI is InChI=1S/C16H12N4O/c17-6-11-14(13-2-1-5-21-13)10-4-3-9-7-19-8-12(9)15(10)20-16(11)18/h1-2,5,7-8,19H,3-4H2,(H2,18,20). The van der Waals surface area contributed by atoms with Gasteiger partial charge in [-0.15, -0.1) is 0 Å². The van der Waals surface area contributed by atoms with Crippen LogP contribution in [0.1, 0.15) is 16.7 Å². The van der Waals surface area contributed by atoms with Gasteiger partial charge in [0.2, 0.25) is 0 Å². The van der Waals surface area contributed by atoms with Crippen molar-refractivity contribution >= 4 is 5.82 Å². The number of fused-ring (bicyclic) bond motifs is 3. The third kappa shape index (κ3) is 1.59. The van der Waals surface area contributed by atoms with Crippen molar-refractivity contribution in [3.63, 3.8) is 0 Å². The molecule has 5 heteroatoms. The summed E-state index contributed by atoms with van der Waals surface area (Å²) in [5.74, 6) is 0.910. The normalized spacial score (nSPS) is 12.5. The van der Waals surface area contributed by atoms with E-state index in [4.69, 9.17) is 10.2 Å². The number of nitrogens with zero attached hydrogens (tertiary/aromatic N) is 2. The first kappa shape index (κ1) is 11.8. The van der Waals surface area contributed by atoms with Crippen molar-refractivity contribution in [3.8, 4) is 28.7 Å². The topological polar surface area (TPSA) is 91.6 Å². The van der Waals surface area contributed by atoms with Gasteiger partial charge in [-0.05, 0) is 36.1 Å². The Hall–Kier alpha value is -3.00. The number of aromatic nitrogens is 2. The van der Waals surface area contributed by atoms with Gasteiger partial charge in [-0.2, -0.15) is 5.26 Å². The molecule has 21 heavy (non-hydrogen) atoms. The molecule has 0 saturated heterocycles. The summed E-state index contributed by atoms with van der Waals surface area (Å²) in [7, 11) is 0. The highest BCUT2D eigenvalue weighted by Gasteiger charge is 2.26. The Morgan fingerprint density at radius 2 is 2.24 bits per heavy atom. The molecule has 3 heterocycles. The fourth-order valence-corrected chi connectivity index (χ4v) is 3.00. The smallest absolute Gasteiger partial charge is 0.142 e. The summed E-state index contributed by atoms with van der Waals surface area (Å²) in [5.41, 5.74) is 11.3. The maximum Gasteiger partial charge on any atom is 0.142 e. The summed E-state index contributed by atoms with van der Waals surface area (Å²) < 4.78 is 5.51. The van der Waals surface area contributed by atoms with E-state index in [1.165, 1.54) is 5.56 Å². The van der Waals surface area contributed by atoms with Crippen LogP contribution in [0.3, 0.4) is 0 Å². The van der Waals surface area contributed by atoms with E-state index in [1.807, 2.05) is 24.5 Å². The number of furan rings is 1. The molecule has 3 aromatic heterocycles. The number of aryl methyl sites for hydroxylation is 1. The number of aromatic amines is 1. The van der Waals surface area contributed by atoms with Crippen molar-refractivity contribution in [3.05, 3.63) is 47.5 Å². The van der Waals surface area contributed by atoms with Crippen molar-refractivity contribution in [1.29, 1.82) is 5.26 Å². The molecule has 0 aromatic carbocycles. The predicted octanol–water partition coefficient (Wildman–Crippen LogP) is 2.89. The lowest BCUT2D eigenvalue weighted by atomic mass is 9.86. The summed E-state index contributed by atoms with van der Waals surface area (Å²) in [6, 6.07) is 5.82. The van der Waals surface area contributed by atoms with Crippen molar-refractivity contribution in [1.82, 2.24) is 9.97 Å². The molecule has 0 radical (unpaired) electrons. The molecule has 5 nitrogen and oxygen atoms in total. The Labute approximate surface area is 121 Å². The lowest BCUT2D eigenvalue weighted by Gasteiger charge is -2.20. The number of pyridine rings is 1. The van der Waals surface area contributed by atoms with Crippen LogP contribution < -0.4 is 5.73 Å². The van der Waals surface area contributed by atoms with Crippen LogP contribution in [0.2, 0.25) is 0 Å². The van der Waals surface area contributed by atoms with Crippen LogP contribution in [0.4, 0.5) is 5.82 Å². The average molecular weight is 276 g/mol. The number of nitrogen functional groups attached to an aromatic ring is 1. The van der Waals surface area contributed by atoms with Crippen LogP contribution in [-0.2, 0) is 12.8 Å². The van der Waals surface area contributed by atoms with Crippen LogP contribution in [0.15, 0.2) is 35.2 Å². The van der Waals surface area contributed by atoms with E-state index in [0.717, 1.165) is 35.2 Å². The fraction of sp³-hybridized carbons (Fsp3) is 0.125. The molecule has 0 amide bonds. The average Bonchev–Trinajstić information content (AvgIpc) is 3.17. The third-order valence-corrected chi connectivity index (χ3v) is 3.94. The highest BCUT2D eigenvalue weighted by molar-refractivity contribution is 5.84. The lowest BCUT2D eigenvalue weighted by molar-refractivity contribution is 0.581. The second-order valence-electron chi connectivity index (χ2n) is 5.06. The summed E-state index contributed by atoms with van der Waals surface area (Å²) in [4.78, 5) is 7.58. The SMILES string of the molecule is N#Cc1c(N)nc2c(c1-c1ccco1)CCc1c[nH]cc1-2. The maximum absolute atomic E-state index is 9.44. The zero-order valence-electron chi connectivity index (χ0n) is 11.2. The number of H-pyrrole nitrogens is 1. The quantitative estimate of drug-likeness (QED) is 0.714. The van der Waals surface area contributed by atoms with Gasteiger partial charge in [0.1, 0.15) is 23.2 Å². The van der Waals surface area contributed by atoms with Gasteiger partial charge < -0.3 is 15.1 Å². The molecule has 0 aliphatic heterocycles. The Kier molecular flexibility index (Phi) is 2.39. The van der Waals surface area contributed by atoms with Crippen LogP contribution in [0.5, 0.6) is 0 Å². The molecule has 0 saturated carbocycles. The first-order valence-electron chi connectivity index (χ1n) is 6.72. The monoisotopic (exact) mass is 276 g/mol. The molecule has 1 aliphatic rings. The second kappa shape index (κ2) is 4.25.